The fraction of sp³-hybridized carbons (Fsp3) is 0.636. The first kappa shape index (κ1) is 35.0. The molecule has 1 heterocycles. The number of carbonyl (C=O) groups excluding carboxylic acids is 4. The van der Waals surface area contributed by atoms with E-state index in [-0.39, 0.29) is 23.6 Å². The van der Waals surface area contributed by atoms with Crippen molar-refractivity contribution in [2.24, 2.45) is 11.3 Å². The van der Waals surface area contributed by atoms with Crippen LogP contribution in [0, 0.1) is 11.3 Å². The van der Waals surface area contributed by atoms with E-state index in [1.54, 1.807) is 36.9 Å². The molecule has 1 aromatic rings. The van der Waals surface area contributed by atoms with Crippen LogP contribution in [0.25, 0.3) is 0 Å². The Labute approximate surface area is 252 Å². The number of carbonyl (C=O) groups is 4. The van der Waals surface area contributed by atoms with Crippen LogP contribution in [-0.4, -0.2) is 85.4 Å². The number of ether oxygens (including phenoxy) is 1. The molecule has 1 fully saturated rings. The number of rotatable bonds is 11. The van der Waals surface area contributed by atoms with Gasteiger partial charge in [0.2, 0.25) is 17.7 Å². The van der Waals surface area contributed by atoms with Crippen molar-refractivity contribution < 1.29 is 23.9 Å². The van der Waals surface area contributed by atoms with Gasteiger partial charge in [-0.15, -0.1) is 0 Å². The van der Waals surface area contributed by atoms with Crippen LogP contribution in [0.5, 0.6) is 0 Å². The third-order valence-electron chi connectivity index (χ3n) is 8.41. The van der Waals surface area contributed by atoms with E-state index in [2.05, 4.69) is 10.6 Å². The van der Waals surface area contributed by atoms with E-state index >= 15 is 0 Å². The highest BCUT2D eigenvalue weighted by Gasteiger charge is 2.42. The van der Waals surface area contributed by atoms with Crippen molar-refractivity contribution >= 4 is 23.7 Å². The lowest BCUT2D eigenvalue weighted by molar-refractivity contribution is -0.149. The van der Waals surface area contributed by atoms with Crippen LogP contribution >= 0.6 is 0 Å². The topological polar surface area (TPSA) is 108 Å². The second-order valence-corrected chi connectivity index (χ2v) is 13.3. The second-order valence-electron chi connectivity index (χ2n) is 13.3. The summed E-state index contributed by atoms with van der Waals surface area (Å²) in [5, 5.41) is 6.23. The average Bonchev–Trinajstić information content (AvgIpc) is 3.43. The maximum atomic E-state index is 14.1. The fourth-order valence-electron chi connectivity index (χ4n) is 5.78. The number of nitrogens with one attached hydrogen (secondary N) is 2. The van der Waals surface area contributed by atoms with Gasteiger partial charge in [-0.25, -0.2) is 4.79 Å². The molecule has 0 aromatic heterocycles. The molecule has 0 bridgehead atoms. The van der Waals surface area contributed by atoms with Gasteiger partial charge < -0.3 is 25.2 Å². The average molecular weight is 585 g/mol. The molecule has 4 atom stereocenters. The monoisotopic (exact) mass is 584 g/mol. The Morgan fingerprint density at radius 3 is 2.14 bits per heavy atom. The predicted octanol–water partition coefficient (Wildman–Crippen LogP) is 3.68. The van der Waals surface area contributed by atoms with Crippen molar-refractivity contribution in [3.63, 3.8) is 0 Å². The van der Waals surface area contributed by atoms with Gasteiger partial charge in [-0.2, -0.15) is 0 Å². The molecule has 3 amide bonds. The van der Waals surface area contributed by atoms with Gasteiger partial charge in [-0.3, -0.25) is 14.4 Å². The van der Waals surface area contributed by atoms with Crippen molar-refractivity contribution in [2.75, 3.05) is 27.7 Å². The molecular formula is C33H52N4O5. The number of methoxy groups -OCH3 is 1. The number of hydrogen-bond acceptors (Lipinski definition) is 6. The highest BCUT2D eigenvalue weighted by Crippen LogP contribution is 2.29. The van der Waals surface area contributed by atoms with E-state index in [0.29, 0.717) is 18.5 Å². The molecular weight excluding hydrogens is 532 g/mol. The molecule has 9 nitrogen and oxygen atoms in total. The van der Waals surface area contributed by atoms with Crippen LogP contribution < -0.4 is 10.6 Å². The number of esters is 1. The van der Waals surface area contributed by atoms with Crippen molar-refractivity contribution in [1.29, 1.82) is 0 Å². The number of amides is 3. The SMILES string of the molecule is CN[C@H](C(=O)N[C@H](C(=O)N(C)[C@H](/C=C(\C)C(=O)N1CCCC1C(=O)OC)C(C)C)C(C)(C)C)C(C)(C)c1ccccc1. The molecule has 1 aromatic carbocycles. The van der Waals surface area contributed by atoms with Crippen LogP contribution in [0.2, 0.25) is 0 Å². The minimum Gasteiger partial charge on any atom is -0.467 e. The summed E-state index contributed by atoms with van der Waals surface area (Å²) in [7, 11) is 4.79. The lowest BCUT2D eigenvalue weighted by Crippen LogP contribution is -2.61. The highest BCUT2D eigenvalue weighted by molar-refractivity contribution is 5.96. The zero-order chi connectivity index (χ0) is 32.0. The van der Waals surface area contributed by atoms with Gasteiger partial charge in [0.25, 0.3) is 0 Å². The Bertz CT molecular complexity index is 1140. The molecule has 0 saturated carbocycles. The summed E-state index contributed by atoms with van der Waals surface area (Å²) in [6.45, 7) is 16.0. The number of likely N-dealkylation sites (tertiary alicyclic amines) is 1. The lowest BCUT2D eigenvalue weighted by atomic mass is 9.76. The number of hydrogen-bond donors (Lipinski definition) is 2. The number of benzene rings is 1. The lowest BCUT2D eigenvalue weighted by Gasteiger charge is -2.40. The Hall–Kier alpha value is -3.20. The maximum Gasteiger partial charge on any atom is 0.328 e. The van der Waals surface area contributed by atoms with Gasteiger partial charge in [0, 0.05) is 24.6 Å². The maximum absolute atomic E-state index is 14.1. The standard InChI is InChI=1S/C33H52N4O5/c1-21(2)25(20-22(3)29(39)37-19-15-18-24(37)31(41)42-11)36(10)30(40)27(32(4,5)6)35-28(38)26(34-9)33(7,8)23-16-13-12-14-17-23/h12-14,16-17,20-21,24-27,34H,15,18-19H2,1-11H3,(H,35,38)/b22-20+/t24?,25-,26-,27-/m1/s1. The summed E-state index contributed by atoms with van der Waals surface area (Å²) in [6, 6.07) is 7.42. The second kappa shape index (κ2) is 14.3. The van der Waals surface area contributed by atoms with E-state index in [4.69, 9.17) is 4.74 Å². The van der Waals surface area contributed by atoms with Crippen LogP contribution in [0.4, 0.5) is 0 Å². The van der Waals surface area contributed by atoms with Crippen molar-refractivity contribution in [1.82, 2.24) is 20.4 Å². The predicted molar refractivity (Wildman–Crippen MR) is 166 cm³/mol. The van der Waals surface area contributed by atoms with E-state index in [9.17, 15) is 19.2 Å². The van der Waals surface area contributed by atoms with Crippen molar-refractivity contribution in [2.45, 2.75) is 97.8 Å². The normalized spacial score (nSPS) is 18.3. The molecule has 1 unspecified atom stereocenters. The van der Waals surface area contributed by atoms with E-state index < -0.39 is 41.0 Å². The zero-order valence-electron chi connectivity index (χ0n) is 27.4. The highest BCUT2D eigenvalue weighted by atomic mass is 16.5. The molecule has 0 spiro atoms. The summed E-state index contributed by atoms with van der Waals surface area (Å²) in [6.07, 6.45) is 3.10. The van der Waals surface area contributed by atoms with Crippen LogP contribution in [0.3, 0.4) is 0 Å². The number of nitrogens with zero attached hydrogens (tertiary/aromatic N) is 2. The van der Waals surface area contributed by atoms with Crippen molar-refractivity contribution in [3.8, 4) is 0 Å². The van der Waals surface area contributed by atoms with Crippen LogP contribution in [0.15, 0.2) is 42.0 Å². The van der Waals surface area contributed by atoms with Gasteiger partial charge in [-0.05, 0) is 43.7 Å². The summed E-state index contributed by atoms with van der Waals surface area (Å²) in [5.41, 5.74) is 0.332. The molecule has 0 radical (unpaired) electrons. The minimum atomic E-state index is -0.814. The molecule has 1 aliphatic heterocycles. The molecule has 42 heavy (non-hydrogen) atoms. The smallest absolute Gasteiger partial charge is 0.328 e. The van der Waals surface area contributed by atoms with Crippen LogP contribution in [-0.2, 0) is 29.3 Å². The van der Waals surface area contributed by atoms with E-state index in [1.807, 2.05) is 78.8 Å². The molecule has 1 aliphatic rings. The summed E-state index contributed by atoms with van der Waals surface area (Å²) in [5.74, 6) is -1.18. The quantitative estimate of drug-likeness (QED) is 0.304. The molecule has 0 aliphatic carbocycles. The number of likely N-dealkylation sites (N-methyl/N-ethyl adjacent to an activating group) is 2. The Kier molecular flexibility index (Phi) is 11.9. The van der Waals surface area contributed by atoms with Crippen LogP contribution in [0.1, 0.15) is 73.8 Å². The fourth-order valence-corrected chi connectivity index (χ4v) is 5.78. The molecule has 234 valence electrons. The van der Waals surface area contributed by atoms with E-state index in [1.165, 1.54) is 7.11 Å². The first-order chi connectivity index (χ1) is 19.5. The van der Waals surface area contributed by atoms with Gasteiger partial charge in [0.05, 0.1) is 19.2 Å². The third kappa shape index (κ3) is 8.00. The molecule has 2 N–H and O–H groups in total. The summed E-state index contributed by atoms with van der Waals surface area (Å²) < 4.78 is 4.90. The third-order valence-corrected chi connectivity index (χ3v) is 8.41. The zero-order valence-corrected chi connectivity index (χ0v) is 27.4. The van der Waals surface area contributed by atoms with E-state index in [0.717, 1.165) is 12.0 Å². The van der Waals surface area contributed by atoms with Gasteiger partial charge in [0.15, 0.2) is 0 Å². The summed E-state index contributed by atoms with van der Waals surface area (Å²) >= 11 is 0. The Morgan fingerprint density at radius 2 is 1.64 bits per heavy atom. The van der Waals surface area contributed by atoms with Gasteiger partial charge >= 0.3 is 5.97 Å². The van der Waals surface area contributed by atoms with Gasteiger partial charge in [-0.1, -0.05) is 84.9 Å². The van der Waals surface area contributed by atoms with Crippen molar-refractivity contribution in [3.05, 3.63) is 47.5 Å². The van der Waals surface area contributed by atoms with Gasteiger partial charge in [0.1, 0.15) is 12.1 Å². The first-order valence-electron chi connectivity index (χ1n) is 14.9. The molecule has 9 heteroatoms. The molecule has 2 rings (SSSR count). The largest absolute Gasteiger partial charge is 0.467 e. The minimum absolute atomic E-state index is 0.0185. The first-order valence-corrected chi connectivity index (χ1v) is 14.9. The summed E-state index contributed by atoms with van der Waals surface area (Å²) in [4.78, 5) is 56.6. The Balaban J connectivity index is 2.33. The Morgan fingerprint density at radius 1 is 1.05 bits per heavy atom. The molecule has 1 saturated heterocycles.